The molecule has 25 heavy (non-hydrogen) atoms. The SMILES string of the molecule is O=C(NC1CC1)c1cccc(NC(=O)[C@@H]2[C@H](C(=O)O)[C@H]3C=C[C@H]2C3)c1. The fourth-order valence-corrected chi connectivity index (χ4v) is 3.98. The molecule has 6 heteroatoms. The summed E-state index contributed by atoms with van der Waals surface area (Å²) in [6.07, 6.45) is 6.61. The number of carbonyl (C=O) groups excluding carboxylic acids is 2. The molecule has 0 aliphatic heterocycles. The van der Waals surface area contributed by atoms with Gasteiger partial charge in [0.05, 0.1) is 11.8 Å². The third-order valence-electron chi connectivity index (χ3n) is 5.35. The zero-order valence-corrected chi connectivity index (χ0v) is 13.6. The molecule has 4 rings (SSSR count). The van der Waals surface area contributed by atoms with Crippen molar-refractivity contribution in [3.05, 3.63) is 42.0 Å². The minimum Gasteiger partial charge on any atom is -0.481 e. The van der Waals surface area contributed by atoms with Crippen LogP contribution in [-0.4, -0.2) is 28.9 Å². The molecule has 4 atom stereocenters. The van der Waals surface area contributed by atoms with Gasteiger partial charge in [-0.25, -0.2) is 0 Å². The summed E-state index contributed by atoms with van der Waals surface area (Å²) in [6.45, 7) is 0. The maximum absolute atomic E-state index is 12.7. The van der Waals surface area contributed by atoms with Crippen LogP contribution in [0.2, 0.25) is 0 Å². The monoisotopic (exact) mass is 340 g/mol. The zero-order chi connectivity index (χ0) is 17.6. The van der Waals surface area contributed by atoms with Crippen molar-refractivity contribution < 1.29 is 19.5 Å². The number of allylic oxidation sites excluding steroid dienone is 2. The van der Waals surface area contributed by atoms with Crippen LogP contribution in [0.5, 0.6) is 0 Å². The molecule has 1 aromatic carbocycles. The van der Waals surface area contributed by atoms with E-state index in [9.17, 15) is 19.5 Å². The number of amides is 2. The quantitative estimate of drug-likeness (QED) is 0.715. The minimum atomic E-state index is -0.922. The molecular formula is C19H20N2O4. The lowest BCUT2D eigenvalue weighted by molar-refractivity contribution is -0.146. The second kappa shape index (κ2) is 6.02. The van der Waals surface area contributed by atoms with E-state index in [1.54, 1.807) is 24.3 Å². The van der Waals surface area contributed by atoms with Crippen molar-refractivity contribution >= 4 is 23.5 Å². The molecule has 2 amide bonds. The van der Waals surface area contributed by atoms with E-state index in [1.165, 1.54) is 0 Å². The van der Waals surface area contributed by atoms with Crippen LogP contribution >= 0.6 is 0 Å². The standard InChI is InChI=1S/C19H20N2O4/c22-17(20-13-6-7-13)12-2-1-3-14(9-12)21-18(23)15-10-4-5-11(8-10)16(15)19(24)25/h1-5,9-11,13,15-16H,6-8H2,(H,20,22)(H,21,23)(H,24,25)/t10-,11-,15-,16+/m0/s1. The molecule has 3 N–H and O–H groups in total. The van der Waals surface area contributed by atoms with E-state index in [-0.39, 0.29) is 29.7 Å². The highest BCUT2D eigenvalue weighted by Crippen LogP contribution is 2.48. The average molecular weight is 340 g/mol. The Balaban J connectivity index is 1.48. The zero-order valence-electron chi connectivity index (χ0n) is 13.6. The van der Waals surface area contributed by atoms with Crippen LogP contribution < -0.4 is 10.6 Å². The minimum absolute atomic E-state index is 0.0209. The van der Waals surface area contributed by atoms with E-state index < -0.39 is 17.8 Å². The lowest BCUT2D eigenvalue weighted by atomic mass is 9.82. The van der Waals surface area contributed by atoms with Gasteiger partial charge in [-0.2, -0.15) is 0 Å². The second-order valence-electron chi connectivity index (χ2n) is 7.16. The molecule has 2 bridgehead atoms. The maximum Gasteiger partial charge on any atom is 0.307 e. The number of anilines is 1. The predicted octanol–water partition coefficient (Wildman–Crippen LogP) is 2.04. The lowest BCUT2D eigenvalue weighted by Gasteiger charge is -2.23. The van der Waals surface area contributed by atoms with Gasteiger partial charge in [-0.05, 0) is 49.3 Å². The van der Waals surface area contributed by atoms with Crippen molar-refractivity contribution in [2.24, 2.45) is 23.7 Å². The number of hydrogen-bond acceptors (Lipinski definition) is 3. The number of benzene rings is 1. The summed E-state index contributed by atoms with van der Waals surface area (Å²) in [4.78, 5) is 36.3. The Hall–Kier alpha value is -2.63. The molecule has 0 radical (unpaired) electrons. The van der Waals surface area contributed by atoms with E-state index in [1.807, 2.05) is 12.2 Å². The Morgan fingerprint density at radius 2 is 1.76 bits per heavy atom. The van der Waals surface area contributed by atoms with Crippen molar-refractivity contribution in [2.45, 2.75) is 25.3 Å². The molecule has 0 heterocycles. The van der Waals surface area contributed by atoms with Gasteiger partial charge in [-0.1, -0.05) is 18.2 Å². The summed E-state index contributed by atoms with van der Waals surface area (Å²) in [5, 5.41) is 15.2. The third kappa shape index (κ3) is 3.04. The molecular weight excluding hydrogens is 320 g/mol. The predicted molar refractivity (Wildman–Crippen MR) is 90.9 cm³/mol. The van der Waals surface area contributed by atoms with Gasteiger partial charge in [-0.15, -0.1) is 0 Å². The molecule has 3 aliphatic rings. The van der Waals surface area contributed by atoms with E-state index >= 15 is 0 Å². The van der Waals surface area contributed by atoms with Crippen molar-refractivity contribution in [2.75, 3.05) is 5.32 Å². The Morgan fingerprint density at radius 1 is 1.04 bits per heavy atom. The van der Waals surface area contributed by atoms with Crippen LogP contribution in [0.1, 0.15) is 29.6 Å². The molecule has 3 aliphatic carbocycles. The van der Waals surface area contributed by atoms with Crippen LogP contribution in [-0.2, 0) is 9.59 Å². The van der Waals surface area contributed by atoms with Crippen molar-refractivity contribution in [1.82, 2.24) is 5.32 Å². The van der Waals surface area contributed by atoms with Crippen molar-refractivity contribution in [3.63, 3.8) is 0 Å². The van der Waals surface area contributed by atoms with Gasteiger partial charge in [0.25, 0.3) is 5.91 Å². The van der Waals surface area contributed by atoms with Gasteiger partial charge in [0.2, 0.25) is 5.91 Å². The summed E-state index contributed by atoms with van der Waals surface area (Å²) in [6, 6.07) is 7.03. The number of carboxylic acids is 1. The number of nitrogens with one attached hydrogen (secondary N) is 2. The van der Waals surface area contributed by atoms with Crippen LogP contribution in [0.15, 0.2) is 36.4 Å². The highest BCUT2D eigenvalue weighted by molar-refractivity contribution is 5.99. The van der Waals surface area contributed by atoms with E-state index in [4.69, 9.17) is 0 Å². The van der Waals surface area contributed by atoms with Gasteiger partial charge >= 0.3 is 5.97 Å². The fraction of sp³-hybridized carbons (Fsp3) is 0.421. The highest BCUT2D eigenvalue weighted by Gasteiger charge is 2.51. The molecule has 2 fully saturated rings. The van der Waals surface area contributed by atoms with Crippen LogP contribution in [0.25, 0.3) is 0 Å². The van der Waals surface area contributed by atoms with Crippen molar-refractivity contribution in [3.8, 4) is 0 Å². The summed E-state index contributed by atoms with van der Waals surface area (Å²) < 4.78 is 0. The van der Waals surface area contributed by atoms with E-state index in [0.717, 1.165) is 19.3 Å². The first kappa shape index (κ1) is 15.9. The molecule has 0 aromatic heterocycles. The van der Waals surface area contributed by atoms with Crippen LogP contribution in [0, 0.1) is 23.7 Å². The summed E-state index contributed by atoms with van der Waals surface area (Å²) in [7, 11) is 0. The Kier molecular flexibility index (Phi) is 3.82. The molecule has 0 spiro atoms. The van der Waals surface area contributed by atoms with Crippen LogP contribution in [0.3, 0.4) is 0 Å². The number of carboxylic acid groups (broad SMARTS) is 1. The van der Waals surface area contributed by atoms with Gasteiger partial charge in [0.15, 0.2) is 0 Å². The van der Waals surface area contributed by atoms with Gasteiger partial charge in [0.1, 0.15) is 0 Å². The summed E-state index contributed by atoms with van der Waals surface area (Å²) in [5.74, 6) is -2.67. The molecule has 0 unspecified atom stereocenters. The van der Waals surface area contributed by atoms with Gasteiger partial charge in [-0.3, -0.25) is 14.4 Å². The molecule has 0 saturated heterocycles. The number of rotatable bonds is 5. The fourth-order valence-electron chi connectivity index (χ4n) is 3.98. The largest absolute Gasteiger partial charge is 0.481 e. The van der Waals surface area contributed by atoms with Crippen molar-refractivity contribution in [1.29, 1.82) is 0 Å². The molecule has 130 valence electrons. The number of aliphatic carboxylic acids is 1. The van der Waals surface area contributed by atoms with Gasteiger partial charge in [0, 0.05) is 17.3 Å². The molecule has 6 nitrogen and oxygen atoms in total. The first-order valence-corrected chi connectivity index (χ1v) is 8.66. The first-order valence-electron chi connectivity index (χ1n) is 8.66. The summed E-state index contributed by atoms with van der Waals surface area (Å²) >= 11 is 0. The maximum atomic E-state index is 12.7. The van der Waals surface area contributed by atoms with Crippen LogP contribution in [0.4, 0.5) is 5.69 Å². The highest BCUT2D eigenvalue weighted by atomic mass is 16.4. The van der Waals surface area contributed by atoms with Gasteiger partial charge < -0.3 is 15.7 Å². The number of fused-ring (bicyclic) bond motifs is 2. The summed E-state index contributed by atoms with van der Waals surface area (Å²) in [5.41, 5.74) is 1.01. The topological polar surface area (TPSA) is 95.5 Å². The normalized spacial score (nSPS) is 29.4. The first-order chi connectivity index (χ1) is 12.0. The smallest absolute Gasteiger partial charge is 0.307 e. The Labute approximate surface area is 145 Å². The average Bonchev–Trinajstić information content (AvgIpc) is 3.16. The Morgan fingerprint density at radius 3 is 2.44 bits per heavy atom. The third-order valence-corrected chi connectivity index (χ3v) is 5.35. The second-order valence-corrected chi connectivity index (χ2v) is 7.16. The number of hydrogen-bond donors (Lipinski definition) is 3. The van der Waals surface area contributed by atoms with E-state index in [0.29, 0.717) is 11.3 Å². The molecule has 2 saturated carbocycles. The number of carbonyl (C=O) groups is 3. The Bertz CT molecular complexity index is 768. The van der Waals surface area contributed by atoms with E-state index in [2.05, 4.69) is 10.6 Å². The lowest BCUT2D eigenvalue weighted by Crippen LogP contribution is -2.36. The molecule has 1 aromatic rings.